The highest BCUT2D eigenvalue weighted by Crippen LogP contribution is 2.55. The highest BCUT2D eigenvalue weighted by molar-refractivity contribution is 7.89. The second-order valence-electron chi connectivity index (χ2n) is 12.4. The minimum Gasteiger partial charge on any atom is -0.496 e. The third-order valence-corrected chi connectivity index (χ3v) is 10.5. The zero-order chi connectivity index (χ0) is 32.3. The molecule has 0 aliphatic heterocycles. The first-order chi connectivity index (χ1) is 22.0. The third-order valence-electron chi connectivity index (χ3n) is 9.42. The summed E-state index contributed by atoms with van der Waals surface area (Å²) in [6.45, 7) is 0.337. The van der Waals surface area contributed by atoms with Gasteiger partial charge in [0.1, 0.15) is 17.2 Å². The van der Waals surface area contributed by atoms with Gasteiger partial charge in [-0.2, -0.15) is 4.98 Å². The maximum absolute atomic E-state index is 12.6. The van der Waals surface area contributed by atoms with Crippen LogP contribution in [-0.4, -0.2) is 53.6 Å². The van der Waals surface area contributed by atoms with Gasteiger partial charge in [-0.25, -0.2) is 13.1 Å². The van der Waals surface area contributed by atoms with E-state index in [4.69, 9.17) is 46.7 Å². The Hall–Kier alpha value is -3.52. The number of nitrogens with zero attached hydrogens (tertiary/aromatic N) is 4. The monoisotopic (exact) mass is 687 g/mol. The molecule has 46 heavy (non-hydrogen) atoms. The first-order valence-corrected chi connectivity index (χ1v) is 17.6. The number of fused-ring (bicyclic) bond motifs is 3. The van der Waals surface area contributed by atoms with Crippen molar-refractivity contribution in [3.63, 3.8) is 0 Å². The number of halogens is 2. The zero-order valence-corrected chi connectivity index (χ0v) is 27.5. The van der Waals surface area contributed by atoms with Crippen LogP contribution in [0.2, 0.25) is 10.0 Å². The molecule has 4 aliphatic rings. The average molecular weight is 689 g/mol. The van der Waals surface area contributed by atoms with E-state index >= 15 is 0 Å². The van der Waals surface area contributed by atoms with E-state index in [2.05, 4.69) is 15.3 Å². The van der Waals surface area contributed by atoms with Crippen molar-refractivity contribution in [2.45, 2.75) is 74.9 Å². The second-order valence-corrected chi connectivity index (χ2v) is 15.0. The lowest BCUT2D eigenvalue weighted by molar-refractivity contribution is -0.130. The molecule has 0 spiro atoms. The van der Waals surface area contributed by atoms with E-state index in [1.807, 2.05) is 4.72 Å². The van der Waals surface area contributed by atoms with Gasteiger partial charge in [0.05, 0.1) is 46.6 Å². The smallest absolute Gasteiger partial charge is 0.268 e. The number of sulfonamides is 1. The van der Waals surface area contributed by atoms with Gasteiger partial charge in [0.2, 0.25) is 21.7 Å². The van der Waals surface area contributed by atoms with Crippen LogP contribution in [0.5, 0.6) is 5.75 Å². The molecule has 0 radical (unpaired) electrons. The van der Waals surface area contributed by atoms with Crippen LogP contribution in [0.25, 0.3) is 22.6 Å². The van der Waals surface area contributed by atoms with Gasteiger partial charge in [-0.05, 0) is 69.6 Å². The number of rotatable bonds is 10. The van der Waals surface area contributed by atoms with Crippen molar-refractivity contribution >= 4 is 39.1 Å². The molecule has 8 rings (SSSR count). The molecule has 4 aliphatic carbocycles. The summed E-state index contributed by atoms with van der Waals surface area (Å²) in [6, 6.07) is 4.76. The first-order valence-electron chi connectivity index (χ1n) is 15.0. The van der Waals surface area contributed by atoms with Crippen molar-refractivity contribution in [2.24, 2.45) is 0 Å². The number of amides is 1. The van der Waals surface area contributed by atoms with Crippen molar-refractivity contribution in [1.82, 2.24) is 25.0 Å². The molecule has 242 valence electrons. The molecular weight excluding hydrogens is 657 g/mol. The Morgan fingerprint density at radius 3 is 2.37 bits per heavy atom. The number of hydrogen-bond donors (Lipinski definition) is 1. The van der Waals surface area contributed by atoms with Gasteiger partial charge in [0.15, 0.2) is 0 Å². The van der Waals surface area contributed by atoms with Gasteiger partial charge in [0, 0.05) is 35.0 Å². The zero-order valence-electron chi connectivity index (χ0n) is 25.1. The van der Waals surface area contributed by atoms with E-state index in [-0.39, 0.29) is 22.3 Å². The van der Waals surface area contributed by atoms with E-state index in [1.165, 1.54) is 13.2 Å². The number of methoxy groups -OCH3 is 1. The fourth-order valence-corrected chi connectivity index (χ4v) is 7.67. The maximum atomic E-state index is 12.6. The summed E-state index contributed by atoms with van der Waals surface area (Å²) in [4.78, 5) is 21.5. The molecule has 4 aromatic rings. The molecule has 2 bridgehead atoms. The maximum Gasteiger partial charge on any atom is 0.268 e. The first kappa shape index (κ1) is 31.1. The fraction of sp³-hybridized carbons (Fsp3) is 0.452. The Morgan fingerprint density at radius 1 is 1.04 bits per heavy atom. The summed E-state index contributed by atoms with van der Waals surface area (Å²) in [7, 11) is -2.37. The predicted molar refractivity (Wildman–Crippen MR) is 167 cm³/mol. The second kappa shape index (κ2) is 11.6. The number of nitrogens with one attached hydrogen (secondary N) is 1. The molecule has 1 N–H and O–H groups in total. The summed E-state index contributed by atoms with van der Waals surface area (Å²) in [6.07, 6.45) is 11.0. The number of ether oxygens (including phenoxy) is 2. The molecule has 1 amide bonds. The Kier molecular flexibility index (Phi) is 7.86. The van der Waals surface area contributed by atoms with Gasteiger partial charge in [-0.3, -0.25) is 9.78 Å². The Balaban J connectivity index is 1.08. The normalized spacial score (nSPS) is 22.6. The highest BCUT2D eigenvalue weighted by Gasteiger charge is 2.53. The molecule has 12 nitrogen and oxygen atoms in total. The molecule has 0 saturated heterocycles. The quantitative estimate of drug-likeness (QED) is 0.201. The van der Waals surface area contributed by atoms with Crippen LogP contribution in [0.1, 0.15) is 84.9 Å². The Bertz CT molecular complexity index is 1890. The number of benzene rings is 1. The number of carbonyl (C=O) groups is 1. The van der Waals surface area contributed by atoms with Gasteiger partial charge in [0.25, 0.3) is 5.91 Å². The summed E-state index contributed by atoms with van der Waals surface area (Å²) < 4.78 is 48.9. The van der Waals surface area contributed by atoms with E-state index in [1.54, 1.807) is 24.5 Å². The van der Waals surface area contributed by atoms with Gasteiger partial charge in [-0.15, -0.1) is 0 Å². The standard InChI is InChI=1S/C31H31Cl2N5O7S/c1-42-23-6-5-18(13-19(23)28(39)38-46(2,40)41)27-35-29(45-37-27)30-7-10-31(11-8-30,12-9-30)43-16-20-25(36-44-26(20)17-3-4-17)24-21(32)14-34-15-22(24)33/h5-6,13-15,17H,3-4,7-12,16H2,1-2H3,(H,38,39). The van der Waals surface area contributed by atoms with Gasteiger partial charge < -0.3 is 18.5 Å². The molecule has 1 aromatic carbocycles. The topological polar surface area (TPSA) is 160 Å². The number of pyridine rings is 1. The molecule has 15 heteroatoms. The van der Waals surface area contributed by atoms with Crippen LogP contribution >= 0.6 is 23.2 Å². The van der Waals surface area contributed by atoms with E-state index < -0.39 is 15.9 Å². The van der Waals surface area contributed by atoms with Crippen molar-refractivity contribution in [3.05, 3.63) is 63.4 Å². The molecule has 0 unspecified atom stereocenters. The molecular formula is C31H31Cl2N5O7S. The summed E-state index contributed by atoms with van der Waals surface area (Å²) in [5, 5.41) is 9.41. The molecule has 3 aromatic heterocycles. The third kappa shape index (κ3) is 5.78. The minimum atomic E-state index is -3.77. The van der Waals surface area contributed by atoms with Gasteiger partial charge in [-0.1, -0.05) is 33.5 Å². The fourth-order valence-electron chi connectivity index (χ4n) is 6.68. The number of aromatic nitrogens is 4. The lowest BCUT2D eigenvalue weighted by Crippen LogP contribution is -2.49. The van der Waals surface area contributed by atoms with E-state index in [0.717, 1.165) is 68.9 Å². The molecule has 3 heterocycles. The van der Waals surface area contributed by atoms with Crippen LogP contribution < -0.4 is 9.46 Å². The Morgan fingerprint density at radius 2 is 1.74 bits per heavy atom. The van der Waals surface area contributed by atoms with Crippen molar-refractivity contribution < 1.29 is 31.7 Å². The average Bonchev–Trinajstić information content (AvgIpc) is 3.59. The predicted octanol–water partition coefficient (Wildman–Crippen LogP) is 6.23. The van der Waals surface area contributed by atoms with E-state index in [9.17, 15) is 13.2 Å². The van der Waals surface area contributed by atoms with Crippen LogP contribution in [-0.2, 0) is 26.8 Å². The highest BCUT2D eigenvalue weighted by atomic mass is 35.5. The summed E-state index contributed by atoms with van der Waals surface area (Å²) >= 11 is 13.0. The lowest BCUT2D eigenvalue weighted by atomic mass is 9.58. The van der Waals surface area contributed by atoms with Crippen molar-refractivity contribution in [3.8, 4) is 28.4 Å². The van der Waals surface area contributed by atoms with Gasteiger partial charge >= 0.3 is 0 Å². The van der Waals surface area contributed by atoms with Crippen molar-refractivity contribution in [1.29, 1.82) is 0 Å². The largest absolute Gasteiger partial charge is 0.496 e. The van der Waals surface area contributed by atoms with Crippen molar-refractivity contribution in [2.75, 3.05) is 13.4 Å². The summed E-state index contributed by atoms with van der Waals surface area (Å²) in [5.74, 6) is 1.43. The summed E-state index contributed by atoms with van der Waals surface area (Å²) in [5.41, 5.74) is 2.05. The van der Waals surface area contributed by atoms with Crippen LogP contribution in [0.4, 0.5) is 0 Å². The number of carbonyl (C=O) groups excluding carboxylic acids is 1. The molecule has 4 fully saturated rings. The lowest BCUT2D eigenvalue weighted by Gasteiger charge is -2.51. The SMILES string of the molecule is COc1ccc(-c2noc(C34CCC(OCc5c(-c6c(Cl)cncc6Cl)noc5C5CC5)(CC3)CC4)n2)cc1C(=O)NS(C)(=O)=O. The molecule has 0 atom stereocenters. The Labute approximate surface area is 275 Å². The van der Waals surface area contributed by atoms with Crippen LogP contribution in [0, 0.1) is 0 Å². The van der Waals surface area contributed by atoms with E-state index in [0.29, 0.717) is 51.1 Å². The van der Waals surface area contributed by atoms with Crippen LogP contribution in [0.3, 0.4) is 0 Å². The minimum absolute atomic E-state index is 0.0431. The number of hydrogen-bond acceptors (Lipinski definition) is 11. The molecule has 4 saturated carbocycles. The van der Waals surface area contributed by atoms with Crippen LogP contribution in [0.15, 0.2) is 39.6 Å².